The van der Waals surface area contributed by atoms with Crippen LogP contribution in [0.15, 0.2) is 48.7 Å². The minimum atomic E-state index is -0.0904. The highest BCUT2D eigenvalue weighted by molar-refractivity contribution is 5.95. The molecule has 20 heavy (non-hydrogen) atoms. The van der Waals surface area contributed by atoms with Gasteiger partial charge in [-0.3, -0.25) is 4.79 Å². The summed E-state index contributed by atoms with van der Waals surface area (Å²) in [5.74, 6) is 6.10. The Labute approximate surface area is 117 Å². The van der Waals surface area contributed by atoms with Gasteiger partial charge in [0.25, 0.3) is 5.91 Å². The van der Waals surface area contributed by atoms with E-state index in [4.69, 9.17) is 5.84 Å². The Morgan fingerprint density at radius 1 is 1.25 bits per heavy atom. The molecule has 2 aromatic rings. The van der Waals surface area contributed by atoms with Gasteiger partial charge >= 0.3 is 0 Å². The van der Waals surface area contributed by atoms with E-state index in [0.717, 1.165) is 6.42 Å². The monoisotopic (exact) mass is 268 g/mol. The second-order valence-electron chi connectivity index (χ2n) is 4.91. The van der Waals surface area contributed by atoms with E-state index >= 15 is 0 Å². The summed E-state index contributed by atoms with van der Waals surface area (Å²) in [5.41, 5.74) is 4.27. The average molecular weight is 268 g/mol. The maximum absolute atomic E-state index is 12.1. The van der Waals surface area contributed by atoms with Gasteiger partial charge in [0.2, 0.25) is 0 Å². The lowest BCUT2D eigenvalue weighted by molar-refractivity contribution is 0.0950. The van der Waals surface area contributed by atoms with Gasteiger partial charge in [-0.05, 0) is 24.1 Å². The zero-order chi connectivity index (χ0) is 13.9. The third-order valence-corrected chi connectivity index (χ3v) is 3.50. The second kappa shape index (κ2) is 5.30. The molecule has 0 saturated heterocycles. The van der Waals surface area contributed by atoms with Crippen molar-refractivity contribution in [3.8, 4) is 0 Å². The van der Waals surface area contributed by atoms with Gasteiger partial charge in [0.1, 0.15) is 5.82 Å². The maximum atomic E-state index is 12.1. The van der Waals surface area contributed by atoms with Crippen LogP contribution >= 0.6 is 0 Å². The third-order valence-electron chi connectivity index (χ3n) is 3.50. The van der Waals surface area contributed by atoms with Crippen molar-refractivity contribution in [1.29, 1.82) is 0 Å². The van der Waals surface area contributed by atoms with Crippen LogP contribution in [0.2, 0.25) is 0 Å². The molecule has 4 N–H and O–H groups in total. The zero-order valence-corrected chi connectivity index (χ0v) is 10.9. The lowest BCUT2D eigenvalue weighted by Gasteiger charge is -2.06. The van der Waals surface area contributed by atoms with E-state index in [0.29, 0.717) is 17.3 Å². The van der Waals surface area contributed by atoms with E-state index in [9.17, 15) is 4.79 Å². The van der Waals surface area contributed by atoms with Crippen LogP contribution in [-0.2, 0) is 0 Å². The predicted molar refractivity (Wildman–Crippen MR) is 77.1 cm³/mol. The molecule has 5 heteroatoms. The lowest BCUT2D eigenvalue weighted by atomic mass is 10.1. The molecule has 0 bridgehead atoms. The lowest BCUT2D eigenvalue weighted by Crippen LogP contribution is -2.26. The fourth-order valence-corrected chi connectivity index (χ4v) is 2.33. The SMILES string of the molecule is NNc1cc(C(=O)NC2CC2c2ccccc2)ccn1. The van der Waals surface area contributed by atoms with Crippen LogP contribution in [0.4, 0.5) is 5.82 Å². The summed E-state index contributed by atoms with van der Waals surface area (Å²) in [4.78, 5) is 16.1. The number of hydrazine groups is 1. The number of carbonyl (C=O) groups is 1. The normalized spacial score (nSPS) is 20.2. The van der Waals surface area contributed by atoms with E-state index in [2.05, 4.69) is 27.9 Å². The van der Waals surface area contributed by atoms with E-state index in [1.165, 1.54) is 5.56 Å². The third kappa shape index (κ3) is 2.62. The molecule has 1 amide bonds. The van der Waals surface area contributed by atoms with Crippen molar-refractivity contribution in [2.75, 3.05) is 5.43 Å². The number of nitrogens with two attached hydrogens (primary N) is 1. The number of pyridine rings is 1. The molecule has 1 aliphatic rings. The van der Waals surface area contributed by atoms with Gasteiger partial charge in [-0.15, -0.1) is 0 Å². The van der Waals surface area contributed by atoms with Crippen LogP contribution < -0.4 is 16.6 Å². The quantitative estimate of drug-likeness (QED) is 0.582. The first-order chi connectivity index (χ1) is 9.78. The maximum Gasteiger partial charge on any atom is 0.251 e. The van der Waals surface area contributed by atoms with Crippen LogP contribution in [0.3, 0.4) is 0 Å². The summed E-state index contributed by atoms with van der Waals surface area (Å²) in [6.07, 6.45) is 2.55. The van der Waals surface area contributed by atoms with E-state index in [1.807, 2.05) is 18.2 Å². The molecule has 0 spiro atoms. The highest BCUT2D eigenvalue weighted by Crippen LogP contribution is 2.40. The predicted octanol–water partition coefficient (Wildman–Crippen LogP) is 1.65. The number of amides is 1. The summed E-state index contributed by atoms with van der Waals surface area (Å²) in [5, 5.41) is 3.03. The topological polar surface area (TPSA) is 80.0 Å². The first kappa shape index (κ1) is 12.6. The number of aromatic nitrogens is 1. The highest BCUT2D eigenvalue weighted by Gasteiger charge is 2.39. The van der Waals surface area contributed by atoms with Crippen molar-refractivity contribution in [2.24, 2.45) is 5.84 Å². The van der Waals surface area contributed by atoms with E-state index in [-0.39, 0.29) is 11.9 Å². The summed E-state index contributed by atoms with van der Waals surface area (Å²) >= 11 is 0. The van der Waals surface area contributed by atoms with E-state index in [1.54, 1.807) is 18.3 Å². The molecular weight excluding hydrogens is 252 g/mol. The molecule has 1 heterocycles. The molecular formula is C15H16N4O. The molecule has 1 saturated carbocycles. The van der Waals surface area contributed by atoms with Gasteiger partial charge in [-0.1, -0.05) is 30.3 Å². The number of hydrogen-bond acceptors (Lipinski definition) is 4. The minimum Gasteiger partial charge on any atom is -0.349 e. The molecule has 5 nitrogen and oxygen atoms in total. The van der Waals surface area contributed by atoms with E-state index < -0.39 is 0 Å². The Bertz CT molecular complexity index is 614. The Morgan fingerprint density at radius 2 is 2.05 bits per heavy atom. The first-order valence-electron chi connectivity index (χ1n) is 6.56. The fraction of sp³-hybridized carbons (Fsp3) is 0.200. The van der Waals surface area contributed by atoms with Crippen molar-refractivity contribution in [2.45, 2.75) is 18.4 Å². The largest absolute Gasteiger partial charge is 0.349 e. The van der Waals surface area contributed by atoms with Crippen molar-refractivity contribution in [1.82, 2.24) is 10.3 Å². The minimum absolute atomic E-state index is 0.0904. The standard InChI is InChI=1S/C15H16N4O/c16-19-14-8-11(6-7-17-14)15(20)18-13-9-12(13)10-4-2-1-3-5-10/h1-8,12-13H,9,16H2,(H,17,19)(H,18,20). The van der Waals surface area contributed by atoms with Crippen molar-refractivity contribution >= 4 is 11.7 Å². The number of carbonyl (C=O) groups excluding carboxylic acids is 1. The van der Waals surface area contributed by atoms with Crippen LogP contribution in [0.25, 0.3) is 0 Å². The Kier molecular flexibility index (Phi) is 3.35. The smallest absolute Gasteiger partial charge is 0.251 e. The van der Waals surface area contributed by atoms with Crippen LogP contribution in [-0.4, -0.2) is 16.9 Å². The summed E-state index contributed by atoms with van der Waals surface area (Å²) in [6.45, 7) is 0. The molecule has 1 aliphatic carbocycles. The molecule has 1 aromatic carbocycles. The number of nitrogen functional groups attached to an aromatic ring is 1. The number of hydrogen-bond donors (Lipinski definition) is 3. The summed E-state index contributed by atoms with van der Waals surface area (Å²) in [6, 6.07) is 13.8. The molecule has 0 aliphatic heterocycles. The highest BCUT2D eigenvalue weighted by atomic mass is 16.1. The van der Waals surface area contributed by atoms with Gasteiger partial charge in [-0.2, -0.15) is 0 Å². The van der Waals surface area contributed by atoms with Crippen LogP contribution in [0.1, 0.15) is 28.3 Å². The van der Waals surface area contributed by atoms with Crippen molar-refractivity contribution in [3.05, 3.63) is 59.8 Å². The molecule has 3 rings (SSSR count). The summed E-state index contributed by atoms with van der Waals surface area (Å²) < 4.78 is 0. The van der Waals surface area contributed by atoms with Crippen molar-refractivity contribution < 1.29 is 4.79 Å². The first-order valence-corrected chi connectivity index (χ1v) is 6.56. The van der Waals surface area contributed by atoms with Gasteiger partial charge in [-0.25, -0.2) is 10.8 Å². The molecule has 1 fully saturated rings. The molecule has 2 atom stereocenters. The van der Waals surface area contributed by atoms with Gasteiger partial charge in [0.15, 0.2) is 0 Å². The van der Waals surface area contributed by atoms with Gasteiger partial charge in [0.05, 0.1) is 0 Å². The molecule has 102 valence electrons. The molecule has 1 aromatic heterocycles. The fourth-order valence-electron chi connectivity index (χ4n) is 2.33. The Balaban J connectivity index is 1.63. The number of nitrogens with zero attached hydrogens (tertiary/aromatic N) is 1. The number of nitrogens with one attached hydrogen (secondary N) is 2. The van der Waals surface area contributed by atoms with Crippen LogP contribution in [0, 0.1) is 0 Å². The Hall–Kier alpha value is -2.40. The number of anilines is 1. The molecule has 0 radical (unpaired) electrons. The molecule has 2 unspecified atom stereocenters. The zero-order valence-electron chi connectivity index (χ0n) is 10.9. The van der Waals surface area contributed by atoms with Gasteiger partial charge in [0, 0.05) is 23.7 Å². The van der Waals surface area contributed by atoms with Gasteiger partial charge < -0.3 is 10.7 Å². The van der Waals surface area contributed by atoms with Crippen LogP contribution in [0.5, 0.6) is 0 Å². The summed E-state index contributed by atoms with van der Waals surface area (Å²) in [7, 11) is 0. The number of benzene rings is 1. The van der Waals surface area contributed by atoms with Crippen molar-refractivity contribution in [3.63, 3.8) is 0 Å². The average Bonchev–Trinajstić information content (AvgIpc) is 3.27. The second-order valence-corrected chi connectivity index (χ2v) is 4.91. The Morgan fingerprint density at radius 3 is 2.80 bits per heavy atom. The number of rotatable bonds is 4.